The van der Waals surface area contributed by atoms with Crippen LogP contribution in [0.2, 0.25) is 0 Å². The molecule has 1 aromatic carbocycles. The lowest BCUT2D eigenvalue weighted by Crippen LogP contribution is -2.31. The molecule has 0 bridgehead atoms. The molecule has 1 unspecified atom stereocenters. The van der Waals surface area contributed by atoms with E-state index in [9.17, 15) is 22.0 Å². The van der Waals surface area contributed by atoms with Crippen molar-refractivity contribution in [1.29, 1.82) is 0 Å². The molecule has 20 heavy (non-hydrogen) atoms. The number of rotatable bonds is 3. The molecule has 0 aromatic heterocycles. The molecule has 0 saturated carbocycles. The Morgan fingerprint density at radius 3 is 2.60 bits per heavy atom. The summed E-state index contributed by atoms with van der Waals surface area (Å²) in [6, 6.07) is 1.39. The van der Waals surface area contributed by atoms with Crippen molar-refractivity contribution in [2.24, 2.45) is 0 Å². The van der Waals surface area contributed by atoms with E-state index < -0.39 is 43.1 Å². The third-order valence-corrected chi connectivity index (χ3v) is 5.31. The van der Waals surface area contributed by atoms with E-state index in [0.717, 1.165) is 6.07 Å². The van der Waals surface area contributed by atoms with Crippen LogP contribution in [0.5, 0.6) is 0 Å². The van der Waals surface area contributed by atoms with Crippen molar-refractivity contribution in [1.82, 2.24) is 0 Å². The Morgan fingerprint density at radius 1 is 1.35 bits per heavy atom. The first-order valence-corrected chi connectivity index (χ1v) is 7.43. The highest BCUT2D eigenvalue weighted by atomic mass is 32.2. The monoisotopic (exact) mass is 306 g/mol. The largest absolute Gasteiger partial charge is 0.477 e. The van der Waals surface area contributed by atoms with Crippen molar-refractivity contribution < 1.29 is 31.8 Å². The zero-order valence-corrected chi connectivity index (χ0v) is 11.1. The number of aromatic carboxylic acids is 1. The minimum absolute atomic E-state index is 0.0818. The third-order valence-electron chi connectivity index (χ3n) is 3.13. The second-order valence-electron chi connectivity index (χ2n) is 4.42. The second-order valence-corrected chi connectivity index (χ2v) is 6.62. The summed E-state index contributed by atoms with van der Waals surface area (Å²) >= 11 is 0. The smallest absolute Gasteiger partial charge is 0.341 e. The molecule has 1 fully saturated rings. The summed E-state index contributed by atoms with van der Waals surface area (Å²) in [5, 5.41) is 7.80. The fourth-order valence-corrected chi connectivity index (χ4v) is 3.81. The average Bonchev–Trinajstić information content (AvgIpc) is 2.39. The first-order valence-electron chi connectivity index (χ1n) is 5.88. The molecule has 110 valence electrons. The normalized spacial score (nSPS) is 19.8. The molecule has 2 rings (SSSR count). The van der Waals surface area contributed by atoms with Crippen LogP contribution in [-0.2, 0) is 14.6 Å². The van der Waals surface area contributed by atoms with Crippen LogP contribution in [-0.4, -0.2) is 38.0 Å². The van der Waals surface area contributed by atoms with E-state index in [2.05, 4.69) is 0 Å². The summed E-state index contributed by atoms with van der Waals surface area (Å²) < 4.78 is 56.8. The van der Waals surface area contributed by atoms with Crippen molar-refractivity contribution in [3.8, 4) is 0 Å². The lowest BCUT2D eigenvalue weighted by molar-refractivity contribution is 0.0685. The molecule has 1 heterocycles. The Labute approximate surface area is 114 Å². The quantitative estimate of drug-likeness (QED) is 0.858. The molecule has 0 aliphatic carbocycles. The van der Waals surface area contributed by atoms with Gasteiger partial charge in [-0.05, 0) is 25.0 Å². The molecule has 0 radical (unpaired) electrons. The Hall–Kier alpha value is -1.54. The average molecular weight is 306 g/mol. The van der Waals surface area contributed by atoms with Gasteiger partial charge in [-0.25, -0.2) is 22.0 Å². The Bertz CT molecular complexity index is 635. The van der Waals surface area contributed by atoms with Crippen molar-refractivity contribution in [3.63, 3.8) is 0 Å². The zero-order valence-electron chi connectivity index (χ0n) is 10.3. The summed E-state index contributed by atoms with van der Waals surface area (Å²) in [6.07, 6.45) is 0.806. The van der Waals surface area contributed by atoms with Gasteiger partial charge in [-0.15, -0.1) is 0 Å². The van der Waals surface area contributed by atoms with E-state index in [0.29, 0.717) is 25.5 Å². The molecule has 0 amide bonds. The van der Waals surface area contributed by atoms with Crippen LogP contribution >= 0.6 is 0 Å². The topological polar surface area (TPSA) is 80.7 Å². The number of carbonyl (C=O) groups is 1. The van der Waals surface area contributed by atoms with Crippen molar-refractivity contribution >= 4 is 15.8 Å². The molecule has 1 atom stereocenters. The number of sulfone groups is 1. The number of carboxylic acids is 1. The highest BCUT2D eigenvalue weighted by Gasteiger charge is 2.34. The predicted octanol–water partition coefficient (Wildman–Crippen LogP) is 1.62. The molecule has 0 spiro atoms. The van der Waals surface area contributed by atoms with E-state index in [1.54, 1.807) is 0 Å². The van der Waals surface area contributed by atoms with E-state index in [4.69, 9.17) is 9.84 Å². The van der Waals surface area contributed by atoms with E-state index >= 15 is 0 Å². The van der Waals surface area contributed by atoms with Gasteiger partial charge in [0.05, 0.1) is 11.9 Å². The van der Waals surface area contributed by atoms with Gasteiger partial charge in [0.1, 0.15) is 16.3 Å². The van der Waals surface area contributed by atoms with Crippen LogP contribution in [0.1, 0.15) is 23.2 Å². The van der Waals surface area contributed by atoms with Crippen molar-refractivity contribution in [2.75, 3.05) is 13.2 Å². The van der Waals surface area contributed by atoms with Crippen LogP contribution < -0.4 is 0 Å². The van der Waals surface area contributed by atoms with Gasteiger partial charge in [0, 0.05) is 6.61 Å². The Kier molecular flexibility index (Phi) is 4.05. The first-order chi connectivity index (χ1) is 9.35. The number of hydrogen-bond acceptors (Lipinski definition) is 4. The Balaban J connectivity index is 2.52. The lowest BCUT2D eigenvalue weighted by Gasteiger charge is -2.22. The zero-order chi connectivity index (χ0) is 14.9. The number of carboxylic acid groups (broad SMARTS) is 1. The fraction of sp³-hybridized carbons (Fsp3) is 0.417. The van der Waals surface area contributed by atoms with Gasteiger partial charge in [-0.3, -0.25) is 0 Å². The number of ether oxygens (including phenoxy) is 1. The summed E-state index contributed by atoms with van der Waals surface area (Å²) in [4.78, 5) is 10.00. The molecular formula is C12H12F2O5S. The number of halogens is 2. The molecular weight excluding hydrogens is 294 g/mol. The van der Waals surface area contributed by atoms with Crippen LogP contribution in [0.3, 0.4) is 0 Å². The van der Waals surface area contributed by atoms with E-state index in [-0.39, 0.29) is 6.61 Å². The third kappa shape index (κ3) is 2.53. The summed E-state index contributed by atoms with van der Waals surface area (Å²) in [7, 11) is -4.10. The second kappa shape index (κ2) is 5.45. The maximum Gasteiger partial charge on any atom is 0.341 e. The number of benzene rings is 1. The molecule has 1 aliphatic heterocycles. The maximum absolute atomic E-state index is 14.0. The van der Waals surface area contributed by atoms with Gasteiger partial charge in [0.25, 0.3) is 0 Å². The van der Waals surface area contributed by atoms with Gasteiger partial charge in [0.2, 0.25) is 0 Å². The standard InChI is InChI=1S/C12H12F2O5S/c13-8-3-4-9(11(14)10(8)12(15)16)20(17,18)7-2-1-5-19-6-7/h3-4,7H,1-2,5-6H2,(H,15,16). The summed E-state index contributed by atoms with van der Waals surface area (Å²) in [6.45, 7) is 0.347. The van der Waals surface area contributed by atoms with Gasteiger partial charge < -0.3 is 9.84 Å². The summed E-state index contributed by atoms with van der Waals surface area (Å²) in [5.41, 5.74) is -1.26. The molecule has 1 aliphatic rings. The van der Waals surface area contributed by atoms with Gasteiger partial charge in [0.15, 0.2) is 15.7 Å². The lowest BCUT2D eigenvalue weighted by atomic mass is 10.2. The van der Waals surface area contributed by atoms with Crippen LogP contribution in [0.25, 0.3) is 0 Å². The molecule has 8 heteroatoms. The van der Waals surface area contributed by atoms with E-state index in [1.807, 2.05) is 0 Å². The highest BCUT2D eigenvalue weighted by Crippen LogP contribution is 2.27. The van der Waals surface area contributed by atoms with Crippen molar-refractivity contribution in [2.45, 2.75) is 23.0 Å². The van der Waals surface area contributed by atoms with Crippen molar-refractivity contribution in [3.05, 3.63) is 29.3 Å². The van der Waals surface area contributed by atoms with Gasteiger partial charge >= 0.3 is 5.97 Å². The van der Waals surface area contributed by atoms with Crippen LogP contribution in [0.4, 0.5) is 8.78 Å². The van der Waals surface area contributed by atoms with Crippen LogP contribution in [0.15, 0.2) is 17.0 Å². The number of hydrogen-bond donors (Lipinski definition) is 1. The van der Waals surface area contributed by atoms with Crippen LogP contribution in [0, 0.1) is 11.6 Å². The van der Waals surface area contributed by atoms with Gasteiger partial charge in [-0.2, -0.15) is 0 Å². The highest BCUT2D eigenvalue weighted by molar-refractivity contribution is 7.92. The minimum Gasteiger partial charge on any atom is -0.477 e. The van der Waals surface area contributed by atoms with E-state index in [1.165, 1.54) is 0 Å². The molecule has 5 nitrogen and oxygen atoms in total. The minimum atomic E-state index is -4.10. The summed E-state index contributed by atoms with van der Waals surface area (Å²) in [5.74, 6) is -4.73. The first kappa shape index (κ1) is 14.9. The fourth-order valence-electron chi connectivity index (χ4n) is 2.08. The molecule has 1 aromatic rings. The SMILES string of the molecule is O=C(O)c1c(F)ccc(S(=O)(=O)C2CCCOC2)c1F. The Morgan fingerprint density at radius 2 is 2.05 bits per heavy atom. The predicted molar refractivity (Wildman–Crippen MR) is 64.3 cm³/mol. The maximum atomic E-state index is 14.0. The molecule has 1 saturated heterocycles. The van der Waals surface area contributed by atoms with Gasteiger partial charge in [-0.1, -0.05) is 0 Å². The molecule has 1 N–H and O–H groups in total.